The third-order valence-corrected chi connectivity index (χ3v) is 1.88. The van der Waals surface area contributed by atoms with Crippen LogP contribution in [0.2, 0.25) is 0 Å². The summed E-state index contributed by atoms with van der Waals surface area (Å²) in [6.45, 7) is 4.46. The number of nitrogens with two attached hydrogens (primary N) is 1. The topological polar surface area (TPSA) is 76.7 Å². The summed E-state index contributed by atoms with van der Waals surface area (Å²) >= 11 is 0. The molecule has 0 aliphatic carbocycles. The van der Waals surface area contributed by atoms with Crippen molar-refractivity contribution in [3.63, 3.8) is 0 Å². The van der Waals surface area contributed by atoms with Gasteiger partial charge in [0.1, 0.15) is 5.82 Å². The van der Waals surface area contributed by atoms with Crippen molar-refractivity contribution < 1.29 is 0 Å². The Labute approximate surface area is 70.6 Å². The Kier molecular flexibility index (Phi) is 2.65. The van der Waals surface area contributed by atoms with Crippen molar-refractivity contribution in [2.24, 2.45) is 5.73 Å². The van der Waals surface area contributed by atoms with E-state index in [1.165, 1.54) is 0 Å². The zero-order valence-electron chi connectivity index (χ0n) is 7.37. The van der Waals surface area contributed by atoms with Gasteiger partial charge in [0, 0.05) is 6.54 Å². The minimum absolute atomic E-state index is 0.149. The second-order valence-electron chi connectivity index (χ2n) is 2.65. The highest BCUT2D eigenvalue weighted by Crippen LogP contribution is 2.07. The molecule has 0 saturated heterocycles. The van der Waals surface area contributed by atoms with E-state index in [0.717, 1.165) is 6.42 Å². The van der Waals surface area contributed by atoms with E-state index in [9.17, 15) is 4.79 Å². The van der Waals surface area contributed by atoms with E-state index < -0.39 is 0 Å². The number of aromatic nitrogens is 3. The molecule has 0 aliphatic rings. The molecule has 1 atom stereocenters. The van der Waals surface area contributed by atoms with Crippen molar-refractivity contribution in [1.82, 2.24) is 14.8 Å². The van der Waals surface area contributed by atoms with E-state index >= 15 is 0 Å². The molecule has 0 amide bonds. The van der Waals surface area contributed by atoms with Crippen LogP contribution in [0, 0.1) is 0 Å². The molecule has 1 aromatic heterocycles. The molecule has 3 N–H and O–H groups in total. The lowest BCUT2D eigenvalue weighted by Gasteiger charge is -2.07. The van der Waals surface area contributed by atoms with Crippen LogP contribution in [0.5, 0.6) is 0 Å². The van der Waals surface area contributed by atoms with Crippen LogP contribution in [0.4, 0.5) is 0 Å². The number of nitrogens with zero attached hydrogens (tertiary/aromatic N) is 2. The van der Waals surface area contributed by atoms with Crippen LogP contribution in [0.3, 0.4) is 0 Å². The summed E-state index contributed by atoms with van der Waals surface area (Å²) in [7, 11) is 0. The van der Waals surface area contributed by atoms with E-state index in [2.05, 4.69) is 10.2 Å². The molecule has 0 fully saturated rings. The van der Waals surface area contributed by atoms with Crippen LogP contribution in [-0.2, 0) is 6.54 Å². The molecule has 12 heavy (non-hydrogen) atoms. The highest BCUT2D eigenvalue weighted by Gasteiger charge is 2.12. The van der Waals surface area contributed by atoms with Crippen LogP contribution in [0.25, 0.3) is 0 Å². The molecule has 0 radical (unpaired) electrons. The van der Waals surface area contributed by atoms with Gasteiger partial charge in [-0.1, -0.05) is 6.92 Å². The molecule has 0 saturated carbocycles. The Morgan fingerprint density at radius 2 is 2.33 bits per heavy atom. The van der Waals surface area contributed by atoms with Gasteiger partial charge in [0.05, 0.1) is 6.04 Å². The quantitative estimate of drug-likeness (QED) is 0.670. The summed E-state index contributed by atoms with van der Waals surface area (Å²) in [5.41, 5.74) is 5.56. The molecule has 1 rings (SSSR count). The lowest BCUT2D eigenvalue weighted by atomic mass is 10.2. The van der Waals surface area contributed by atoms with E-state index in [0.29, 0.717) is 12.4 Å². The number of H-pyrrole nitrogens is 1. The maximum Gasteiger partial charge on any atom is 0.343 e. The Bertz CT molecular complexity index is 301. The monoisotopic (exact) mass is 170 g/mol. The first-order valence-electron chi connectivity index (χ1n) is 4.11. The largest absolute Gasteiger partial charge is 0.343 e. The standard InChI is InChI=1S/C7H14N4O/c1-3-5(8)6-9-10-7(12)11(6)4-2/h5H,3-4,8H2,1-2H3,(H,10,12). The van der Waals surface area contributed by atoms with Gasteiger partial charge < -0.3 is 5.73 Å². The van der Waals surface area contributed by atoms with Gasteiger partial charge in [0.2, 0.25) is 0 Å². The highest BCUT2D eigenvalue weighted by atomic mass is 16.1. The number of nitrogens with one attached hydrogen (secondary N) is 1. The predicted molar refractivity (Wildman–Crippen MR) is 45.7 cm³/mol. The molecule has 1 unspecified atom stereocenters. The van der Waals surface area contributed by atoms with Crippen LogP contribution < -0.4 is 11.4 Å². The van der Waals surface area contributed by atoms with E-state index in [4.69, 9.17) is 5.73 Å². The van der Waals surface area contributed by atoms with Crippen molar-refractivity contribution >= 4 is 0 Å². The van der Waals surface area contributed by atoms with Crippen LogP contribution in [0.15, 0.2) is 4.79 Å². The van der Waals surface area contributed by atoms with Crippen LogP contribution >= 0.6 is 0 Å². The fourth-order valence-electron chi connectivity index (χ4n) is 1.10. The average Bonchev–Trinajstić information content (AvgIpc) is 2.45. The Balaban J connectivity index is 3.07. The number of hydrogen-bond acceptors (Lipinski definition) is 3. The molecule has 5 nitrogen and oxygen atoms in total. The second-order valence-corrected chi connectivity index (χ2v) is 2.65. The normalized spacial score (nSPS) is 13.2. The predicted octanol–water partition coefficient (Wildman–Crippen LogP) is 0.00110. The lowest BCUT2D eigenvalue weighted by molar-refractivity contribution is 0.581. The molecular weight excluding hydrogens is 156 g/mol. The SMILES string of the molecule is CCC(N)c1n[nH]c(=O)n1CC. The Morgan fingerprint density at radius 3 is 2.83 bits per heavy atom. The number of aromatic amines is 1. The van der Waals surface area contributed by atoms with Crippen LogP contribution in [-0.4, -0.2) is 14.8 Å². The summed E-state index contributed by atoms with van der Waals surface area (Å²) < 4.78 is 1.55. The maximum absolute atomic E-state index is 11.1. The molecule has 0 aliphatic heterocycles. The fraction of sp³-hybridized carbons (Fsp3) is 0.714. The molecule has 0 aromatic carbocycles. The first-order valence-corrected chi connectivity index (χ1v) is 4.11. The minimum atomic E-state index is -0.184. The zero-order valence-corrected chi connectivity index (χ0v) is 7.37. The third kappa shape index (κ3) is 1.40. The van der Waals surface area contributed by atoms with Gasteiger partial charge in [-0.25, -0.2) is 9.89 Å². The Morgan fingerprint density at radius 1 is 1.67 bits per heavy atom. The van der Waals surface area contributed by atoms with E-state index in [1.807, 2.05) is 13.8 Å². The highest BCUT2D eigenvalue weighted by molar-refractivity contribution is 4.92. The van der Waals surface area contributed by atoms with Gasteiger partial charge in [0.25, 0.3) is 0 Å². The molecule has 0 bridgehead atoms. The summed E-state index contributed by atoms with van der Waals surface area (Å²) in [4.78, 5) is 11.1. The van der Waals surface area contributed by atoms with Gasteiger partial charge in [-0.3, -0.25) is 4.57 Å². The number of rotatable bonds is 3. The first kappa shape index (κ1) is 8.99. The van der Waals surface area contributed by atoms with Gasteiger partial charge in [-0.2, -0.15) is 5.10 Å². The average molecular weight is 170 g/mol. The van der Waals surface area contributed by atoms with Gasteiger partial charge in [-0.15, -0.1) is 0 Å². The molecule has 68 valence electrons. The van der Waals surface area contributed by atoms with E-state index in [-0.39, 0.29) is 11.7 Å². The van der Waals surface area contributed by atoms with E-state index in [1.54, 1.807) is 4.57 Å². The molecule has 0 spiro atoms. The molecule has 5 heteroatoms. The molecular formula is C7H14N4O. The fourth-order valence-corrected chi connectivity index (χ4v) is 1.10. The van der Waals surface area contributed by atoms with Gasteiger partial charge in [0.15, 0.2) is 0 Å². The summed E-state index contributed by atoms with van der Waals surface area (Å²) in [5, 5.41) is 6.24. The maximum atomic E-state index is 11.1. The van der Waals surface area contributed by atoms with Gasteiger partial charge >= 0.3 is 5.69 Å². The molecule has 1 heterocycles. The number of hydrogen-bond donors (Lipinski definition) is 2. The summed E-state index contributed by atoms with van der Waals surface area (Å²) in [5.74, 6) is 0.644. The van der Waals surface area contributed by atoms with Crippen molar-refractivity contribution in [1.29, 1.82) is 0 Å². The first-order chi connectivity index (χ1) is 5.70. The van der Waals surface area contributed by atoms with Crippen molar-refractivity contribution in [3.05, 3.63) is 16.3 Å². The van der Waals surface area contributed by atoms with Crippen molar-refractivity contribution in [2.45, 2.75) is 32.9 Å². The molecule has 1 aromatic rings. The smallest absolute Gasteiger partial charge is 0.321 e. The summed E-state index contributed by atoms with van der Waals surface area (Å²) in [6, 6.07) is -0.149. The zero-order chi connectivity index (χ0) is 9.14. The van der Waals surface area contributed by atoms with Crippen LogP contribution in [0.1, 0.15) is 32.1 Å². The lowest BCUT2D eigenvalue weighted by Crippen LogP contribution is -2.22. The van der Waals surface area contributed by atoms with Crippen molar-refractivity contribution in [3.8, 4) is 0 Å². The minimum Gasteiger partial charge on any atom is -0.321 e. The van der Waals surface area contributed by atoms with Crippen molar-refractivity contribution in [2.75, 3.05) is 0 Å². The second kappa shape index (κ2) is 3.53. The van der Waals surface area contributed by atoms with Gasteiger partial charge in [-0.05, 0) is 13.3 Å². The third-order valence-electron chi connectivity index (χ3n) is 1.88. The summed E-state index contributed by atoms with van der Waals surface area (Å²) in [6.07, 6.45) is 0.782. The Hall–Kier alpha value is -1.10.